The monoisotopic (exact) mass is 271 g/mol. The van der Waals surface area contributed by atoms with E-state index in [-0.39, 0.29) is 11.9 Å². The summed E-state index contributed by atoms with van der Waals surface area (Å²) in [6.07, 6.45) is 1.70. The summed E-state index contributed by atoms with van der Waals surface area (Å²) in [5.41, 5.74) is 1.00. The maximum Gasteiger partial charge on any atom is 0.241 e. The minimum Gasteiger partial charge on any atom is -0.358 e. The molecule has 0 aliphatic carbocycles. The van der Waals surface area contributed by atoms with E-state index in [0.717, 1.165) is 15.9 Å². The second-order valence-electron chi connectivity index (χ2n) is 3.30. The number of amides is 1. The van der Waals surface area contributed by atoms with Crippen LogP contribution >= 0.6 is 15.9 Å². The fourth-order valence-corrected chi connectivity index (χ4v) is 1.62. The molecule has 1 unspecified atom stereocenters. The van der Waals surface area contributed by atoms with E-state index in [1.807, 2.05) is 13.0 Å². The van der Waals surface area contributed by atoms with Crippen LogP contribution in [0.2, 0.25) is 0 Å². The largest absolute Gasteiger partial charge is 0.358 e. The highest BCUT2D eigenvalue weighted by Crippen LogP contribution is 2.17. The van der Waals surface area contributed by atoms with Crippen molar-refractivity contribution in [1.82, 2.24) is 10.3 Å². The third-order valence-electron chi connectivity index (χ3n) is 2.04. The predicted octanol–water partition coefficient (Wildman–Crippen LogP) is 1.70. The third-order valence-corrected chi connectivity index (χ3v) is 2.47. The minimum absolute atomic E-state index is 0.0564. The first-order valence-electron chi connectivity index (χ1n) is 4.65. The summed E-state index contributed by atoms with van der Waals surface area (Å²) in [6, 6.07) is 1.66. The number of carbonyl (C=O) groups is 1. The van der Waals surface area contributed by atoms with Crippen LogP contribution < -0.4 is 10.6 Å². The molecule has 0 bridgehead atoms. The lowest BCUT2D eigenvalue weighted by atomic mass is 10.2. The van der Waals surface area contributed by atoms with Crippen LogP contribution in [0.4, 0.5) is 5.82 Å². The molecule has 0 fully saturated rings. The molecule has 0 aromatic carbocycles. The number of nitrogens with one attached hydrogen (secondary N) is 2. The van der Waals surface area contributed by atoms with E-state index < -0.39 is 0 Å². The molecule has 5 heteroatoms. The summed E-state index contributed by atoms with van der Waals surface area (Å²) in [5.74, 6) is 0.674. The van der Waals surface area contributed by atoms with Crippen molar-refractivity contribution in [3.8, 4) is 0 Å². The number of halogens is 1. The number of anilines is 1. The topological polar surface area (TPSA) is 54.0 Å². The number of pyridine rings is 1. The Bertz CT molecular complexity index is 368. The second kappa shape index (κ2) is 5.11. The van der Waals surface area contributed by atoms with Gasteiger partial charge in [-0.2, -0.15) is 0 Å². The highest BCUT2D eigenvalue weighted by atomic mass is 79.9. The van der Waals surface area contributed by atoms with Crippen molar-refractivity contribution in [3.05, 3.63) is 22.3 Å². The van der Waals surface area contributed by atoms with Crippen molar-refractivity contribution in [2.45, 2.75) is 19.9 Å². The number of carbonyl (C=O) groups excluding carboxylic acids is 1. The summed E-state index contributed by atoms with van der Waals surface area (Å²) in [5, 5.41) is 5.62. The molecule has 1 heterocycles. The van der Waals surface area contributed by atoms with E-state index in [1.54, 1.807) is 20.2 Å². The lowest BCUT2D eigenvalue weighted by Crippen LogP contribution is -2.35. The van der Waals surface area contributed by atoms with Crippen molar-refractivity contribution in [2.75, 3.05) is 12.4 Å². The van der Waals surface area contributed by atoms with Gasteiger partial charge in [-0.15, -0.1) is 0 Å². The lowest BCUT2D eigenvalue weighted by Gasteiger charge is -2.14. The molecule has 0 radical (unpaired) electrons. The quantitative estimate of drug-likeness (QED) is 0.880. The maximum absolute atomic E-state index is 11.3. The molecular weight excluding hydrogens is 258 g/mol. The van der Waals surface area contributed by atoms with Crippen LogP contribution in [0.3, 0.4) is 0 Å². The maximum atomic E-state index is 11.3. The van der Waals surface area contributed by atoms with Crippen LogP contribution in [-0.2, 0) is 4.79 Å². The van der Waals surface area contributed by atoms with Gasteiger partial charge in [0, 0.05) is 17.7 Å². The fraction of sp³-hybridized carbons (Fsp3) is 0.400. The summed E-state index contributed by atoms with van der Waals surface area (Å²) >= 11 is 3.34. The number of nitrogens with zero attached hydrogens (tertiary/aromatic N) is 1. The summed E-state index contributed by atoms with van der Waals surface area (Å²) in [6.45, 7) is 3.73. The predicted molar refractivity (Wildman–Crippen MR) is 63.8 cm³/mol. The van der Waals surface area contributed by atoms with Gasteiger partial charge in [0.15, 0.2) is 0 Å². The van der Waals surface area contributed by atoms with Gasteiger partial charge >= 0.3 is 0 Å². The Kier molecular flexibility index (Phi) is 4.08. The van der Waals surface area contributed by atoms with Gasteiger partial charge in [-0.1, -0.05) is 0 Å². The molecule has 15 heavy (non-hydrogen) atoms. The molecule has 4 nitrogen and oxygen atoms in total. The van der Waals surface area contributed by atoms with Crippen molar-refractivity contribution >= 4 is 27.7 Å². The van der Waals surface area contributed by atoms with Crippen LogP contribution in [0.5, 0.6) is 0 Å². The molecule has 0 saturated carbocycles. The molecule has 1 aromatic rings. The second-order valence-corrected chi connectivity index (χ2v) is 4.21. The van der Waals surface area contributed by atoms with Crippen LogP contribution in [-0.4, -0.2) is 24.0 Å². The molecule has 1 rings (SSSR count). The van der Waals surface area contributed by atoms with Gasteiger partial charge in [-0.25, -0.2) is 4.98 Å². The Morgan fingerprint density at radius 1 is 1.60 bits per heavy atom. The third kappa shape index (κ3) is 3.20. The Morgan fingerprint density at radius 2 is 2.27 bits per heavy atom. The molecule has 0 aliphatic heterocycles. The van der Waals surface area contributed by atoms with E-state index >= 15 is 0 Å². The molecule has 1 atom stereocenters. The minimum atomic E-state index is -0.289. The molecule has 1 aromatic heterocycles. The zero-order valence-electron chi connectivity index (χ0n) is 8.97. The highest BCUT2D eigenvalue weighted by molar-refractivity contribution is 9.10. The van der Waals surface area contributed by atoms with Gasteiger partial charge in [0.2, 0.25) is 5.91 Å². The Labute approximate surface area is 97.6 Å². The van der Waals surface area contributed by atoms with E-state index in [0.29, 0.717) is 0 Å². The van der Waals surface area contributed by atoms with Gasteiger partial charge < -0.3 is 10.6 Å². The number of rotatable bonds is 3. The average Bonchev–Trinajstić information content (AvgIpc) is 2.20. The van der Waals surface area contributed by atoms with E-state index in [2.05, 4.69) is 31.5 Å². The van der Waals surface area contributed by atoms with Gasteiger partial charge in [0.25, 0.3) is 0 Å². The number of aryl methyl sites for hydroxylation is 1. The molecule has 0 aliphatic rings. The smallest absolute Gasteiger partial charge is 0.241 e. The SMILES string of the molecule is CNC(=O)C(C)Nc1ncc(Br)cc1C. The highest BCUT2D eigenvalue weighted by Gasteiger charge is 2.12. The van der Waals surface area contributed by atoms with Crippen molar-refractivity contribution < 1.29 is 4.79 Å². The summed E-state index contributed by atoms with van der Waals surface area (Å²) in [4.78, 5) is 15.5. The van der Waals surface area contributed by atoms with E-state index in [9.17, 15) is 4.79 Å². The number of hydrogen-bond acceptors (Lipinski definition) is 3. The summed E-state index contributed by atoms with van der Waals surface area (Å²) in [7, 11) is 1.61. The van der Waals surface area contributed by atoms with Crippen molar-refractivity contribution in [3.63, 3.8) is 0 Å². The normalized spacial score (nSPS) is 12.0. The number of likely N-dealkylation sites (N-methyl/N-ethyl adjacent to an activating group) is 1. The van der Waals surface area contributed by atoms with Crippen LogP contribution in [0.15, 0.2) is 16.7 Å². The first kappa shape index (κ1) is 12.0. The average molecular weight is 272 g/mol. The zero-order valence-corrected chi connectivity index (χ0v) is 10.6. The Balaban J connectivity index is 2.76. The molecule has 0 saturated heterocycles. The fourth-order valence-electron chi connectivity index (χ4n) is 1.18. The van der Waals surface area contributed by atoms with E-state index in [4.69, 9.17) is 0 Å². The van der Waals surface area contributed by atoms with Crippen molar-refractivity contribution in [2.24, 2.45) is 0 Å². The number of aromatic nitrogens is 1. The molecular formula is C10H14BrN3O. The van der Waals surface area contributed by atoms with Gasteiger partial charge in [0.1, 0.15) is 11.9 Å². The van der Waals surface area contributed by atoms with Gasteiger partial charge in [-0.3, -0.25) is 4.79 Å². The molecule has 2 N–H and O–H groups in total. The lowest BCUT2D eigenvalue weighted by molar-refractivity contribution is -0.121. The first-order chi connectivity index (χ1) is 7.04. The summed E-state index contributed by atoms with van der Waals surface area (Å²) < 4.78 is 0.929. The van der Waals surface area contributed by atoms with Gasteiger partial charge in [-0.05, 0) is 41.4 Å². The molecule has 1 amide bonds. The van der Waals surface area contributed by atoms with Gasteiger partial charge in [0.05, 0.1) is 0 Å². The first-order valence-corrected chi connectivity index (χ1v) is 5.44. The standard InChI is InChI=1S/C10H14BrN3O/c1-6-4-8(11)5-13-9(6)14-7(2)10(15)12-3/h4-5,7H,1-3H3,(H,12,15)(H,13,14). The number of hydrogen-bond donors (Lipinski definition) is 2. The Morgan fingerprint density at radius 3 is 2.80 bits per heavy atom. The Hall–Kier alpha value is -1.10. The van der Waals surface area contributed by atoms with Crippen LogP contribution in [0.25, 0.3) is 0 Å². The van der Waals surface area contributed by atoms with Crippen LogP contribution in [0, 0.1) is 6.92 Å². The molecule has 0 spiro atoms. The zero-order chi connectivity index (χ0) is 11.4. The van der Waals surface area contributed by atoms with E-state index in [1.165, 1.54) is 0 Å². The van der Waals surface area contributed by atoms with Crippen LogP contribution in [0.1, 0.15) is 12.5 Å². The van der Waals surface area contributed by atoms with Crippen molar-refractivity contribution in [1.29, 1.82) is 0 Å². The molecule has 82 valence electrons.